The van der Waals surface area contributed by atoms with E-state index in [-0.39, 0.29) is 18.1 Å². The molecule has 2 fully saturated rings. The maximum atomic E-state index is 12.3. The van der Waals surface area contributed by atoms with Gasteiger partial charge in [-0.05, 0) is 51.1 Å². The third kappa shape index (κ3) is 4.43. The first kappa shape index (κ1) is 15.7. The lowest BCUT2D eigenvalue weighted by molar-refractivity contribution is -0.125. The first-order chi connectivity index (χ1) is 9.63. The van der Waals surface area contributed by atoms with Gasteiger partial charge in [0.05, 0.1) is 18.7 Å². The number of carbonyl (C=O) groups is 1. The fraction of sp³-hybridized carbons (Fsp3) is 0.933. The third-order valence-corrected chi connectivity index (χ3v) is 4.74. The molecule has 2 aliphatic rings. The van der Waals surface area contributed by atoms with E-state index in [1.54, 1.807) is 0 Å². The number of nitrogens with one attached hydrogen (secondary N) is 2. The Morgan fingerprint density at radius 1 is 1.35 bits per heavy atom. The lowest BCUT2D eigenvalue weighted by Crippen LogP contribution is -2.55. The molecule has 1 saturated heterocycles. The van der Waals surface area contributed by atoms with Gasteiger partial charge in [0.1, 0.15) is 0 Å². The van der Waals surface area contributed by atoms with Crippen LogP contribution in [0.15, 0.2) is 0 Å². The van der Waals surface area contributed by atoms with Crippen molar-refractivity contribution in [3.8, 4) is 0 Å². The molecule has 0 radical (unpaired) electrons. The molecule has 20 heavy (non-hydrogen) atoms. The molecule has 1 amide bonds. The molecule has 0 bridgehead atoms. The van der Waals surface area contributed by atoms with Gasteiger partial charge in [-0.1, -0.05) is 6.92 Å². The summed E-state index contributed by atoms with van der Waals surface area (Å²) < 4.78 is 0. The monoisotopic (exact) mass is 283 g/mol. The van der Waals surface area contributed by atoms with Crippen LogP contribution in [0.3, 0.4) is 0 Å². The van der Waals surface area contributed by atoms with E-state index < -0.39 is 0 Å². The molecular weight excluding hydrogens is 254 g/mol. The fourth-order valence-electron chi connectivity index (χ4n) is 3.24. The van der Waals surface area contributed by atoms with Crippen molar-refractivity contribution in [2.75, 3.05) is 39.3 Å². The van der Waals surface area contributed by atoms with E-state index in [1.165, 1.54) is 0 Å². The van der Waals surface area contributed by atoms with E-state index in [2.05, 4.69) is 22.5 Å². The predicted molar refractivity (Wildman–Crippen MR) is 79.5 cm³/mol. The zero-order valence-electron chi connectivity index (χ0n) is 12.7. The Hall–Kier alpha value is -0.650. The molecule has 5 nitrogen and oxygen atoms in total. The van der Waals surface area contributed by atoms with Crippen molar-refractivity contribution < 1.29 is 9.90 Å². The van der Waals surface area contributed by atoms with Crippen molar-refractivity contribution >= 4 is 5.91 Å². The number of rotatable bonds is 4. The minimum Gasteiger partial charge on any atom is -0.394 e. The van der Waals surface area contributed by atoms with E-state index in [4.69, 9.17) is 0 Å². The molecule has 0 atom stereocenters. The largest absolute Gasteiger partial charge is 0.394 e. The molecule has 2 rings (SSSR count). The highest BCUT2D eigenvalue weighted by molar-refractivity contribution is 5.79. The molecule has 5 heteroatoms. The number of aliphatic hydroxyl groups excluding tert-OH is 1. The summed E-state index contributed by atoms with van der Waals surface area (Å²) in [5, 5.41) is 16.2. The Bertz CT molecular complexity index is 306. The van der Waals surface area contributed by atoms with Gasteiger partial charge < -0.3 is 15.7 Å². The van der Waals surface area contributed by atoms with Crippen molar-refractivity contribution in [1.82, 2.24) is 15.5 Å². The van der Waals surface area contributed by atoms with Crippen molar-refractivity contribution in [3.05, 3.63) is 0 Å². The summed E-state index contributed by atoms with van der Waals surface area (Å²) in [6, 6.07) is 0. The zero-order chi connectivity index (χ0) is 14.4. The van der Waals surface area contributed by atoms with E-state index in [0.29, 0.717) is 12.5 Å². The number of amides is 1. The minimum absolute atomic E-state index is 0.0625. The minimum atomic E-state index is -0.367. The van der Waals surface area contributed by atoms with Gasteiger partial charge >= 0.3 is 0 Å². The second-order valence-electron chi connectivity index (χ2n) is 6.55. The topological polar surface area (TPSA) is 64.6 Å². The summed E-state index contributed by atoms with van der Waals surface area (Å²) in [4.78, 5) is 14.5. The van der Waals surface area contributed by atoms with Gasteiger partial charge in [0.25, 0.3) is 0 Å². The Balaban J connectivity index is 1.82. The van der Waals surface area contributed by atoms with Gasteiger partial charge in [-0.25, -0.2) is 0 Å². The normalized spacial score (nSPS) is 32.6. The van der Waals surface area contributed by atoms with E-state index in [1.807, 2.05) is 0 Å². The second-order valence-corrected chi connectivity index (χ2v) is 6.55. The SMILES string of the molecule is CC1CCC(CO)(NC(=O)CN2CCCNCC2)CC1. The molecule has 0 aromatic heterocycles. The number of hydrogen-bond acceptors (Lipinski definition) is 4. The van der Waals surface area contributed by atoms with E-state index in [0.717, 1.165) is 58.3 Å². The second kappa shape index (κ2) is 7.38. The van der Waals surface area contributed by atoms with Crippen LogP contribution in [0.5, 0.6) is 0 Å². The highest BCUT2D eigenvalue weighted by Gasteiger charge is 2.35. The molecule has 1 aliphatic heterocycles. The van der Waals surface area contributed by atoms with Crippen LogP contribution in [0.2, 0.25) is 0 Å². The Labute approximate surface area is 122 Å². The van der Waals surface area contributed by atoms with Crippen LogP contribution in [-0.2, 0) is 4.79 Å². The van der Waals surface area contributed by atoms with Gasteiger partial charge in [0.15, 0.2) is 0 Å². The van der Waals surface area contributed by atoms with Crippen LogP contribution in [-0.4, -0.2) is 60.8 Å². The van der Waals surface area contributed by atoms with Crippen LogP contribution in [0, 0.1) is 5.92 Å². The quantitative estimate of drug-likeness (QED) is 0.696. The van der Waals surface area contributed by atoms with Gasteiger partial charge in [-0.15, -0.1) is 0 Å². The summed E-state index contributed by atoms with van der Waals surface area (Å²) in [5.74, 6) is 0.777. The molecule has 0 aromatic rings. The Morgan fingerprint density at radius 3 is 2.80 bits per heavy atom. The molecular formula is C15H29N3O2. The van der Waals surface area contributed by atoms with Crippen molar-refractivity contribution in [3.63, 3.8) is 0 Å². The van der Waals surface area contributed by atoms with Crippen molar-refractivity contribution in [1.29, 1.82) is 0 Å². The lowest BCUT2D eigenvalue weighted by atomic mass is 9.77. The molecule has 3 N–H and O–H groups in total. The van der Waals surface area contributed by atoms with Gasteiger partial charge in [-0.2, -0.15) is 0 Å². The van der Waals surface area contributed by atoms with Gasteiger partial charge in [-0.3, -0.25) is 9.69 Å². The molecule has 0 spiro atoms. The standard InChI is InChI=1S/C15H29N3O2/c1-13-3-5-15(12-19,6-4-13)17-14(20)11-18-9-2-7-16-8-10-18/h13,16,19H,2-12H2,1H3,(H,17,20). The average Bonchev–Trinajstić information content (AvgIpc) is 2.70. The summed E-state index contributed by atoms with van der Waals surface area (Å²) in [5.41, 5.74) is -0.367. The summed E-state index contributed by atoms with van der Waals surface area (Å²) in [6.45, 7) is 6.66. The van der Waals surface area contributed by atoms with Crippen LogP contribution < -0.4 is 10.6 Å². The molecule has 0 aromatic carbocycles. The van der Waals surface area contributed by atoms with Crippen LogP contribution in [0.1, 0.15) is 39.0 Å². The maximum absolute atomic E-state index is 12.3. The highest BCUT2D eigenvalue weighted by atomic mass is 16.3. The third-order valence-electron chi connectivity index (χ3n) is 4.74. The van der Waals surface area contributed by atoms with Crippen LogP contribution in [0.25, 0.3) is 0 Å². The maximum Gasteiger partial charge on any atom is 0.234 e. The van der Waals surface area contributed by atoms with Crippen molar-refractivity contribution in [2.45, 2.75) is 44.6 Å². The molecule has 0 unspecified atom stereocenters. The smallest absolute Gasteiger partial charge is 0.234 e. The highest BCUT2D eigenvalue weighted by Crippen LogP contribution is 2.31. The number of aliphatic hydroxyl groups is 1. The van der Waals surface area contributed by atoms with Crippen LogP contribution >= 0.6 is 0 Å². The Morgan fingerprint density at radius 2 is 2.10 bits per heavy atom. The Kier molecular flexibility index (Phi) is 5.81. The van der Waals surface area contributed by atoms with E-state index >= 15 is 0 Å². The molecule has 116 valence electrons. The summed E-state index contributed by atoms with van der Waals surface area (Å²) >= 11 is 0. The van der Waals surface area contributed by atoms with E-state index in [9.17, 15) is 9.90 Å². The van der Waals surface area contributed by atoms with Gasteiger partial charge in [0, 0.05) is 13.1 Å². The van der Waals surface area contributed by atoms with Crippen molar-refractivity contribution in [2.24, 2.45) is 5.92 Å². The number of nitrogens with zero attached hydrogens (tertiary/aromatic N) is 1. The average molecular weight is 283 g/mol. The molecule has 1 heterocycles. The molecule has 1 aliphatic carbocycles. The van der Waals surface area contributed by atoms with Gasteiger partial charge in [0.2, 0.25) is 5.91 Å². The zero-order valence-corrected chi connectivity index (χ0v) is 12.7. The fourth-order valence-corrected chi connectivity index (χ4v) is 3.24. The lowest BCUT2D eigenvalue weighted by Gasteiger charge is -2.39. The molecule has 1 saturated carbocycles. The number of carbonyl (C=O) groups excluding carboxylic acids is 1. The summed E-state index contributed by atoms with van der Waals surface area (Å²) in [7, 11) is 0. The predicted octanol–water partition coefficient (Wildman–Crippen LogP) is 0.339. The first-order valence-corrected chi connectivity index (χ1v) is 7.98. The first-order valence-electron chi connectivity index (χ1n) is 7.98. The summed E-state index contributed by atoms with van der Waals surface area (Å²) in [6.07, 6.45) is 5.08. The number of hydrogen-bond donors (Lipinski definition) is 3. The van der Waals surface area contributed by atoms with Crippen LogP contribution in [0.4, 0.5) is 0 Å².